The van der Waals surface area contributed by atoms with Gasteiger partial charge in [-0.25, -0.2) is 0 Å². The van der Waals surface area contributed by atoms with Crippen molar-refractivity contribution in [2.24, 2.45) is 5.41 Å². The summed E-state index contributed by atoms with van der Waals surface area (Å²) in [6.45, 7) is 2.06. The van der Waals surface area contributed by atoms with Crippen LogP contribution in [0.2, 0.25) is 0 Å². The van der Waals surface area contributed by atoms with Crippen LogP contribution in [0.15, 0.2) is 24.3 Å². The van der Waals surface area contributed by atoms with Crippen molar-refractivity contribution >= 4 is 21.7 Å². The molecule has 1 unspecified atom stereocenters. The van der Waals surface area contributed by atoms with Crippen molar-refractivity contribution in [3.8, 4) is 0 Å². The highest BCUT2D eigenvalue weighted by Gasteiger charge is 2.35. The number of alkyl halides is 1. The van der Waals surface area contributed by atoms with Crippen LogP contribution in [0, 0.1) is 5.41 Å². The quantitative estimate of drug-likeness (QED) is 0.561. The van der Waals surface area contributed by atoms with Crippen molar-refractivity contribution < 1.29 is 4.79 Å². The number of aryl methyl sites for hydroxylation is 1. The van der Waals surface area contributed by atoms with Crippen molar-refractivity contribution in [3.63, 3.8) is 0 Å². The van der Waals surface area contributed by atoms with Gasteiger partial charge in [-0.3, -0.25) is 4.79 Å². The average molecular weight is 267 g/mol. The van der Waals surface area contributed by atoms with Crippen molar-refractivity contribution in [3.05, 3.63) is 35.4 Å². The smallest absolute Gasteiger partial charge is 0.169 e. The van der Waals surface area contributed by atoms with E-state index in [2.05, 4.69) is 28.9 Å². The molecule has 0 aromatic heterocycles. The summed E-state index contributed by atoms with van der Waals surface area (Å²) in [5.74, 6) is 0.299. The van der Waals surface area contributed by atoms with Gasteiger partial charge in [-0.2, -0.15) is 0 Å². The molecule has 80 valence electrons. The van der Waals surface area contributed by atoms with Gasteiger partial charge in [0.05, 0.1) is 0 Å². The fraction of sp³-hybridized carbons (Fsp3) is 0.462. The predicted molar refractivity (Wildman–Crippen MR) is 65.6 cm³/mol. The van der Waals surface area contributed by atoms with Crippen LogP contribution in [0.25, 0.3) is 0 Å². The summed E-state index contributed by atoms with van der Waals surface area (Å²) in [7, 11) is 0. The highest BCUT2D eigenvalue weighted by atomic mass is 79.9. The maximum Gasteiger partial charge on any atom is 0.169 e. The highest BCUT2D eigenvalue weighted by molar-refractivity contribution is 9.09. The molecule has 2 heteroatoms. The van der Waals surface area contributed by atoms with Gasteiger partial charge in [0, 0.05) is 16.3 Å². The first-order valence-electron chi connectivity index (χ1n) is 5.36. The number of Topliss-reactive ketones (excluding diaryl/α,β-unsaturated/α-hetero) is 1. The van der Waals surface area contributed by atoms with Gasteiger partial charge in [0.15, 0.2) is 5.78 Å². The summed E-state index contributed by atoms with van der Waals surface area (Å²) >= 11 is 3.47. The van der Waals surface area contributed by atoms with Crippen molar-refractivity contribution in [1.29, 1.82) is 0 Å². The Morgan fingerprint density at radius 2 is 2.13 bits per heavy atom. The molecule has 1 aromatic carbocycles. The minimum absolute atomic E-state index is 0.216. The first-order chi connectivity index (χ1) is 7.17. The van der Waals surface area contributed by atoms with Crippen LogP contribution in [0.4, 0.5) is 0 Å². The summed E-state index contributed by atoms with van der Waals surface area (Å²) in [6.07, 6.45) is 3.11. The molecule has 15 heavy (non-hydrogen) atoms. The molecule has 0 N–H and O–H groups in total. The second-order valence-corrected chi connectivity index (χ2v) is 5.09. The van der Waals surface area contributed by atoms with Crippen LogP contribution >= 0.6 is 15.9 Å². The highest BCUT2D eigenvalue weighted by Crippen LogP contribution is 2.35. The van der Waals surface area contributed by atoms with Gasteiger partial charge in [0.25, 0.3) is 0 Å². The van der Waals surface area contributed by atoms with E-state index in [1.807, 2.05) is 18.2 Å². The van der Waals surface area contributed by atoms with Gasteiger partial charge in [-0.15, -0.1) is 0 Å². The zero-order valence-corrected chi connectivity index (χ0v) is 10.5. The van der Waals surface area contributed by atoms with Crippen LogP contribution < -0.4 is 0 Å². The average Bonchev–Trinajstić information content (AvgIpc) is 2.39. The molecule has 0 saturated heterocycles. The van der Waals surface area contributed by atoms with Gasteiger partial charge < -0.3 is 0 Å². The van der Waals surface area contributed by atoms with Crippen LogP contribution in [0.1, 0.15) is 35.7 Å². The zero-order valence-electron chi connectivity index (χ0n) is 8.92. The van der Waals surface area contributed by atoms with Crippen molar-refractivity contribution in [2.75, 3.05) is 5.33 Å². The molecule has 0 radical (unpaired) electrons. The second-order valence-electron chi connectivity index (χ2n) is 4.53. The minimum atomic E-state index is -0.216. The third-order valence-corrected chi connectivity index (χ3v) is 4.52. The summed E-state index contributed by atoms with van der Waals surface area (Å²) in [5, 5.41) is 0.757. The molecule has 0 heterocycles. The number of carbonyl (C=O) groups is 1. The fourth-order valence-electron chi connectivity index (χ4n) is 2.19. The standard InChI is InChI=1S/C13H15BrO/c1-13(9-14)8-4-6-10-5-2-3-7-11(10)12(13)15/h2-3,5,7H,4,6,8-9H2,1H3. The van der Waals surface area contributed by atoms with Gasteiger partial charge in [0.2, 0.25) is 0 Å². The summed E-state index contributed by atoms with van der Waals surface area (Å²) < 4.78 is 0. The van der Waals surface area contributed by atoms with E-state index in [1.54, 1.807) is 0 Å². The van der Waals surface area contributed by atoms with E-state index >= 15 is 0 Å². The largest absolute Gasteiger partial charge is 0.294 e. The fourth-order valence-corrected chi connectivity index (χ4v) is 2.73. The Hall–Kier alpha value is -0.630. The number of hydrogen-bond donors (Lipinski definition) is 0. The Morgan fingerprint density at radius 3 is 2.87 bits per heavy atom. The summed E-state index contributed by atoms with van der Waals surface area (Å²) in [5.41, 5.74) is 1.93. The molecule has 1 atom stereocenters. The van der Waals surface area contributed by atoms with E-state index in [1.165, 1.54) is 5.56 Å². The number of carbonyl (C=O) groups excluding carboxylic acids is 1. The maximum absolute atomic E-state index is 12.4. The zero-order chi connectivity index (χ0) is 10.9. The number of rotatable bonds is 1. The lowest BCUT2D eigenvalue weighted by Gasteiger charge is -2.23. The Kier molecular flexibility index (Phi) is 2.96. The Balaban J connectivity index is 2.48. The van der Waals surface area contributed by atoms with E-state index in [0.29, 0.717) is 5.78 Å². The third kappa shape index (κ3) is 1.87. The number of halogens is 1. The molecule has 0 bridgehead atoms. The monoisotopic (exact) mass is 266 g/mol. The summed E-state index contributed by atoms with van der Waals surface area (Å²) in [6, 6.07) is 8.01. The molecule has 1 aliphatic rings. The van der Waals surface area contributed by atoms with Gasteiger partial charge in [-0.1, -0.05) is 47.1 Å². The molecular formula is C13H15BrO. The number of fused-ring (bicyclic) bond motifs is 1. The first kappa shape index (κ1) is 10.9. The van der Waals surface area contributed by atoms with E-state index in [0.717, 1.165) is 30.2 Å². The van der Waals surface area contributed by atoms with Crippen LogP contribution in [0.3, 0.4) is 0 Å². The SMILES string of the molecule is CC1(CBr)CCCc2ccccc2C1=O. The van der Waals surface area contributed by atoms with Crippen molar-refractivity contribution in [1.82, 2.24) is 0 Å². The van der Waals surface area contributed by atoms with Crippen LogP contribution in [-0.4, -0.2) is 11.1 Å². The minimum Gasteiger partial charge on any atom is -0.294 e. The molecule has 0 fully saturated rings. The molecular weight excluding hydrogens is 252 g/mol. The maximum atomic E-state index is 12.4. The van der Waals surface area contributed by atoms with Crippen LogP contribution in [-0.2, 0) is 6.42 Å². The normalized spacial score (nSPS) is 25.9. The van der Waals surface area contributed by atoms with E-state index in [-0.39, 0.29) is 5.41 Å². The molecule has 1 aliphatic carbocycles. The van der Waals surface area contributed by atoms with Crippen LogP contribution in [0.5, 0.6) is 0 Å². The Labute approximate surface area is 99.0 Å². The topological polar surface area (TPSA) is 17.1 Å². The number of ketones is 1. The molecule has 1 aromatic rings. The summed E-state index contributed by atoms with van der Waals surface area (Å²) in [4.78, 5) is 12.4. The molecule has 0 spiro atoms. The Morgan fingerprint density at radius 1 is 1.40 bits per heavy atom. The van der Waals surface area contributed by atoms with Gasteiger partial charge in [-0.05, 0) is 24.8 Å². The molecule has 1 nitrogen and oxygen atoms in total. The number of hydrogen-bond acceptors (Lipinski definition) is 1. The molecule has 0 amide bonds. The lowest BCUT2D eigenvalue weighted by atomic mass is 9.82. The lowest BCUT2D eigenvalue weighted by molar-refractivity contribution is 0.0838. The van der Waals surface area contributed by atoms with Gasteiger partial charge in [0.1, 0.15) is 0 Å². The first-order valence-corrected chi connectivity index (χ1v) is 6.48. The molecule has 0 aliphatic heterocycles. The number of benzene rings is 1. The molecule has 0 saturated carbocycles. The predicted octanol–water partition coefficient (Wildman–Crippen LogP) is 3.61. The van der Waals surface area contributed by atoms with E-state index in [9.17, 15) is 4.79 Å². The van der Waals surface area contributed by atoms with E-state index in [4.69, 9.17) is 0 Å². The van der Waals surface area contributed by atoms with E-state index < -0.39 is 0 Å². The second kappa shape index (κ2) is 4.09. The van der Waals surface area contributed by atoms with Gasteiger partial charge >= 0.3 is 0 Å². The third-order valence-electron chi connectivity index (χ3n) is 3.28. The molecule has 2 rings (SSSR count). The lowest BCUT2D eigenvalue weighted by Crippen LogP contribution is -2.28. The van der Waals surface area contributed by atoms with Crippen molar-refractivity contribution in [2.45, 2.75) is 26.2 Å². The Bertz CT molecular complexity index is 386.